The molecule has 0 aliphatic carbocycles. The maximum Gasteiger partial charge on any atom is 0.291 e. The molecule has 1 aromatic carbocycles. The van der Waals surface area contributed by atoms with Crippen molar-refractivity contribution in [3.63, 3.8) is 0 Å². The van der Waals surface area contributed by atoms with Crippen molar-refractivity contribution in [2.45, 2.75) is 6.54 Å². The molecule has 0 fully saturated rings. The van der Waals surface area contributed by atoms with Crippen LogP contribution in [0.2, 0.25) is 0 Å². The Balaban J connectivity index is 1.59. The molecule has 2 N–H and O–H groups in total. The fourth-order valence-corrected chi connectivity index (χ4v) is 2.21. The lowest BCUT2D eigenvalue weighted by atomic mass is 10.2. The maximum atomic E-state index is 11.9. The van der Waals surface area contributed by atoms with Gasteiger partial charge in [0.05, 0.1) is 25.3 Å². The number of furan rings is 1. The predicted molar refractivity (Wildman–Crippen MR) is 91.2 cm³/mol. The number of pyridine rings is 1. The van der Waals surface area contributed by atoms with Crippen molar-refractivity contribution < 1.29 is 13.9 Å². The number of amides is 1. The summed E-state index contributed by atoms with van der Waals surface area (Å²) in [6.45, 7) is 0.592. The Morgan fingerprint density at radius 3 is 2.75 bits per heavy atom. The minimum atomic E-state index is -0.309. The smallest absolute Gasteiger partial charge is 0.291 e. The van der Waals surface area contributed by atoms with E-state index >= 15 is 0 Å². The second-order valence-electron chi connectivity index (χ2n) is 5.03. The average Bonchev–Trinajstić information content (AvgIpc) is 3.16. The van der Waals surface area contributed by atoms with Crippen LogP contribution in [0.5, 0.6) is 5.75 Å². The number of methoxy groups -OCH3 is 1. The van der Waals surface area contributed by atoms with Crippen LogP contribution >= 0.6 is 0 Å². The van der Waals surface area contributed by atoms with Crippen LogP contribution in [0.25, 0.3) is 0 Å². The van der Waals surface area contributed by atoms with Gasteiger partial charge < -0.3 is 19.8 Å². The van der Waals surface area contributed by atoms with Gasteiger partial charge in [0.15, 0.2) is 5.76 Å². The van der Waals surface area contributed by atoms with Crippen molar-refractivity contribution in [1.82, 2.24) is 4.98 Å². The molecule has 1 amide bonds. The number of nitrogens with zero attached hydrogens (tertiary/aromatic N) is 1. The number of ether oxygens (including phenoxy) is 1. The highest BCUT2D eigenvalue weighted by atomic mass is 16.5. The quantitative estimate of drug-likeness (QED) is 0.725. The number of nitrogens with one attached hydrogen (secondary N) is 2. The van der Waals surface area contributed by atoms with E-state index in [9.17, 15) is 4.79 Å². The predicted octanol–water partition coefficient (Wildman–Crippen LogP) is 3.55. The van der Waals surface area contributed by atoms with Gasteiger partial charge in [-0.2, -0.15) is 0 Å². The van der Waals surface area contributed by atoms with Crippen LogP contribution in [0.1, 0.15) is 16.1 Å². The van der Waals surface area contributed by atoms with Gasteiger partial charge in [0.2, 0.25) is 0 Å². The zero-order valence-corrected chi connectivity index (χ0v) is 13.2. The molecule has 3 aromatic rings. The number of aromatic nitrogens is 1. The first kappa shape index (κ1) is 15.6. The molecular formula is C18H17N3O3. The van der Waals surface area contributed by atoms with Crippen molar-refractivity contribution >= 4 is 17.4 Å². The first-order valence-electron chi connectivity index (χ1n) is 7.43. The molecule has 0 unspecified atom stereocenters. The molecule has 0 atom stereocenters. The van der Waals surface area contributed by atoms with E-state index < -0.39 is 0 Å². The largest absolute Gasteiger partial charge is 0.496 e. The summed E-state index contributed by atoms with van der Waals surface area (Å²) >= 11 is 0. The number of benzene rings is 1. The number of rotatable bonds is 6. The Labute approximate surface area is 139 Å². The van der Waals surface area contributed by atoms with Gasteiger partial charge in [0.25, 0.3) is 5.91 Å². The SMILES string of the molecule is COc1ccccc1CNc1ccc(NC(=O)c2ccco2)cn1. The summed E-state index contributed by atoms with van der Waals surface area (Å²) in [5.74, 6) is 1.48. The molecular weight excluding hydrogens is 306 g/mol. The fourth-order valence-electron chi connectivity index (χ4n) is 2.21. The fraction of sp³-hybridized carbons (Fsp3) is 0.111. The minimum Gasteiger partial charge on any atom is -0.496 e. The molecule has 0 saturated heterocycles. The van der Waals surface area contributed by atoms with Gasteiger partial charge in [-0.25, -0.2) is 4.98 Å². The van der Waals surface area contributed by atoms with Gasteiger partial charge in [-0.1, -0.05) is 18.2 Å². The van der Waals surface area contributed by atoms with Crippen LogP contribution < -0.4 is 15.4 Å². The number of para-hydroxylation sites is 1. The molecule has 0 saturated carbocycles. The Kier molecular flexibility index (Phi) is 4.76. The summed E-state index contributed by atoms with van der Waals surface area (Å²) in [5.41, 5.74) is 1.64. The third-order valence-electron chi connectivity index (χ3n) is 3.42. The van der Waals surface area contributed by atoms with Gasteiger partial charge in [0, 0.05) is 12.1 Å². The van der Waals surface area contributed by atoms with Crippen LogP contribution in [-0.4, -0.2) is 18.0 Å². The summed E-state index contributed by atoms with van der Waals surface area (Å²) in [5, 5.41) is 5.94. The maximum absolute atomic E-state index is 11.9. The lowest BCUT2D eigenvalue weighted by Crippen LogP contribution is -2.11. The number of carbonyl (C=O) groups is 1. The normalized spacial score (nSPS) is 10.2. The monoisotopic (exact) mass is 323 g/mol. The van der Waals surface area contributed by atoms with Crippen molar-refractivity contribution in [3.05, 3.63) is 72.3 Å². The lowest BCUT2D eigenvalue weighted by Gasteiger charge is -2.10. The zero-order chi connectivity index (χ0) is 16.8. The number of anilines is 2. The van der Waals surface area contributed by atoms with Crippen molar-refractivity contribution in [2.24, 2.45) is 0 Å². The molecule has 24 heavy (non-hydrogen) atoms. The van der Waals surface area contributed by atoms with Gasteiger partial charge in [-0.15, -0.1) is 0 Å². The topological polar surface area (TPSA) is 76.4 Å². The standard InChI is InChI=1S/C18H17N3O3/c1-23-15-6-3-2-5-13(15)11-19-17-9-8-14(12-20-17)21-18(22)16-7-4-10-24-16/h2-10,12H,11H2,1H3,(H,19,20)(H,21,22). The molecule has 122 valence electrons. The molecule has 0 aliphatic heterocycles. The lowest BCUT2D eigenvalue weighted by molar-refractivity contribution is 0.0996. The first-order valence-corrected chi connectivity index (χ1v) is 7.43. The molecule has 2 aromatic heterocycles. The molecule has 6 nitrogen and oxygen atoms in total. The van der Waals surface area contributed by atoms with E-state index in [-0.39, 0.29) is 11.7 Å². The van der Waals surface area contributed by atoms with E-state index in [1.165, 1.54) is 6.26 Å². The van der Waals surface area contributed by atoms with Crippen LogP contribution in [0.3, 0.4) is 0 Å². The highest BCUT2D eigenvalue weighted by Crippen LogP contribution is 2.19. The Hall–Kier alpha value is -3.28. The Bertz CT molecular complexity index is 799. The van der Waals surface area contributed by atoms with Crippen LogP contribution in [0.4, 0.5) is 11.5 Å². The minimum absolute atomic E-state index is 0.258. The van der Waals surface area contributed by atoms with Gasteiger partial charge in [0.1, 0.15) is 11.6 Å². The van der Waals surface area contributed by atoms with E-state index in [2.05, 4.69) is 15.6 Å². The molecule has 0 radical (unpaired) electrons. The summed E-state index contributed by atoms with van der Waals surface area (Å²) < 4.78 is 10.4. The molecule has 0 aliphatic rings. The van der Waals surface area contributed by atoms with E-state index in [1.807, 2.05) is 24.3 Å². The first-order chi connectivity index (χ1) is 11.8. The molecule has 6 heteroatoms. The second kappa shape index (κ2) is 7.32. The van der Waals surface area contributed by atoms with Crippen molar-refractivity contribution in [3.8, 4) is 5.75 Å². The van der Waals surface area contributed by atoms with E-state index in [1.54, 1.807) is 37.6 Å². The summed E-state index contributed by atoms with van der Waals surface area (Å²) in [7, 11) is 1.65. The summed E-state index contributed by atoms with van der Waals surface area (Å²) in [4.78, 5) is 16.2. The van der Waals surface area contributed by atoms with Crippen molar-refractivity contribution in [1.29, 1.82) is 0 Å². The molecule has 2 heterocycles. The molecule has 0 bridgehead atoms. The van der Waals surface area contributed by atoms with E-state index in [0.29, 0.717) is 18.1 Å². The summed E-state index contributed by atoms with van der Waals surface area (Å²) in [6.07, 6.45) is 3.05. The number of hydrogen-bond donors (Lipinski definition) is 2. The Morgan fingerprint density at radius 2 is 2.04 bits per heavy atom. The molecule has 3 rings (SSSR count). The van der Waals surface area contributed by atoms with Crippen molar-refractivity contribution in [2.75, 3.05) is 17.7 Å². The molecule has 0 spiro atoms. The third kappa shape index (κ3) is 3.73. The van der Waals surface area contributed by atoms with Gasteiger partial charge in [-0.05, 0) is 30.3 Å². The number of hydrogen-bond acceptors (Lipinski definition) is 5. The van der Waals surface area contributed by atoms with Crippen LogP contribution in [0, 0.1) is 0 Å². The summed E-state index contributed by atoms with van der Waals surface area (Å²) in [6, 6.07) is 14.6. The van der Waals surface area contributed by atoms with Gasteiger partial charge >= 0.3 is 0 Å². The highest BCUT2D eigenvalue weighted by molar-refractivity contribution is 6.02. The second-order valence-corrected chi connectivity index (χ2v) is 5.03. The third-order valence-corrected chi connectivity index (χ3v) is 3.42. The van der Waals surface area contributed by atoms with Crippen LogP contribution in [-0.2, 0) is 6.54 Å². The zero-order valence-electron chi connectivity index (χ0n) is 13.2. The van der Waals surface area contributed by atoms with E-state index in [4.69, 9.17) is 9.15 Å². The number of carbonyl (C=O) groups excluding carboxylic acids is 1. The Morgan fingerprint density at radius 1 is 1.17 bits per heavy atom. The van der Waals surface area contributed by atoms with E-state index in [0.717, 1.165) is 11.3 Å². The highest BCUT2D eigenvalue weighted by Gasteiger charge is 2.08. The van der Waals surface area contributed by atoms with Crippen LogP contribution in [0.15, 0.2) is 65.4 Å². The van der Waals surface area contributed by atoms with Gasteiger partial charge in [-0.3, -0.25) is 4.79 Å². The average molecular weight is 323 g/mol.